The largest absolute Gasteiger partial charge is 0.493 e. The van der Waals surface area contributed by atoms with Gasteiger partial charge in [0.15, 0.2) is 11.5 Å². The Morgan fingerprint density at radius 2 is 1.88 bits per heavy atom. The van der Waals surface area contributed by atoms with Crippen LogP contribution in [0.1, 0.15) is 43.2 Å². The number of rotatable bonds is 7. The van der Waals surface area contributed by atoms with Crippen molar-refractivity contribution >= 4 is 63.2 Å². The lowest BCUT2D eigenvalue weighted by molar-refractivity contribution is -0.123. The monoisotopic (exact) mass is 597 g/mol. The molecule has 1 saturated carbocycles. The smallest absolute Gasteiger partial charge is 0.293 e. The Labute approximate surface area is 217 Å². The first-order valence-electron chi connectivity index (χ1n) is 10.9. The van der Waals surface area contributed by atoms with Gasteiger partial charge in [0, 0.05) is 11.6 Å². The van der Waals surface area contributed by atoms with Crippen LogP contribution >= 0.6 is 46.0 Å². The molecule has 33 heavy (non-hydrogen) atoms. The Morgan fingerprint density at radius 1 is 1.15 bits per heavy atom. The molecule has 0 N–H and O–H groups in total. The fraction of sp³-hybridized carbons (Fsp3) is 0.360. The van der Waals surface area contributed by atoms with Crippen LogP contribution in [0.5, 0.6) is 11.5 Å². The number of thioether (sulfide) groups is 1. The van der Waals surface area contributed by atoms with Crippen molar-refractivity contribution in [2.45, 2.75) is 38.7 Å². The van der Waals surface area contributed by atoms with Gasteiger partial charge in [0.1, 0.15) is 6.61 Å². The number of nitrogens with zero attached hydrogens (tertiary/aromatic N) is 1. The van der Waals surface area contributed by atoms with Crippen LogP contribution in [0.15, 0.2) is 41.3 Å². The first-order valence-corrected chi connectivity index (χ1v) is 13.2. The standard InChI is InChI=1S/C25H25ClINO4S/c1-31-21-12-18(11-20(27)23(21)32-15-17-7-9-19(26)10-8-17)13-22-24(29)28(25(30)33-22)14-16-5-3-2-4-6-16/h7-13,16H,2-6,14-15H2,1H3/b22-13-. The second-order valence-electron chi connectivity index (χ2n) is 8.25. The van der Waals surface area contributed by atoms with Gasteiger partial charge in [-0.25, -0.2) is 0 Å². The molecule has 2 amide bonds. The van der Waals surface area contributed by atoms with Crippen molar-refractivity contribution < 1.29 is 19.1 Å². The quantitative estimate of drug-likeness (QED) is 0.251. The summed E-state index contributed by atoms with van der Waals surface area (Å²) in [5.41, 5.74) is 1.78. The van der Waals surface area contributed by atoms with E-state index in [2.05, 4.69) is 22.6 Å². The molecule has 0 aromatic heterocycles. The van der Waals surface area contributed by atoms with Crippen molar-refractivity contribution in [2.24, 2.45) is 5.92 Å². The minimum absolute atomic E-state index is 0.179. The molecule has 2 aliphatic rings. The first-order chi connectivity index (χ1) is 15.9. The highest BCUT2D eigenvalue weighted by Gasteiger charge is 2.36. The van der Waals surface area contributed by atoms with Crippen molar-refractivity contribution in [3.8, 4) is 11.5 Å². The Bertz CT molecular complexity index is 1070. The summed E-state index contributed by atoms with van der Waals surface area (Å²) in [6.45, 7) is 0.906. The van der Waals surface area contributed by atoms with Crippen LogP contribution in [0, 0.1) is 9.49 Å². The number of halogens is 2. The zero-order valence-electron chi connectivity index (χ0n) is 18.3. The number of ether oxygens (including phenoxy) is 2. The zero-order chi connectivity index (χ0) is 23.4. The average molecular weight is 598 g/mol. The lowest BCUT2D eigenvalue weighted by Gasteiger charge is -2.25. The number of carbonyl (C=O) groups is 2. The molecular formula is C25H25ClINO4S. The van der Waals surface area contributed by atoms with Crippen LogP contribution in [0.4, 0.5) is 4.79 Å². The molecule has 1 aliphatic heterocycles. The molecule has 0 atom stereocenters. The van der Waals surface area contributed by atoms with Crippen LogP contribution in [-0.4, -0.2) is 29.7 Å². The summed E-state index contributed by atoms with van der Waals surface area (Å²) in [5.74, 6) is 1.43. The molecule has 0 bridgehead atoms. The summed E-state index contributed by atoms with van der Waals surface area (Å²) in [6.07, 6.45) is 7.56. The number of carbonyl (C=O) groups excluding carboxylic acids is 2. The molecule has 8 heteroatoms. The predicted octanol–water partition coefficient (Wildman–Crippen LogP) is 7.15. The van der Waals surface area contributed by atoms with Gasteiger partial charge in [-0.15, -0.1) is 0 Å². The van der Waals surface area contributed by atoms with Crippen LogP contribution < -0.4 is 9.47 Å². The van der Waals surface area contributed by atoms with Gasteiger partial charge >= 0.3 is 0 Å². The van der Waals surface area contributed by atoms with Gasteiger partial charge in [0.2, 0.25) is 0 Å². The van der Waals surface area contributed by atoms with Gasteiger partial charge in [0.25, 0.3) is 11.1 Å². The van der Waals surface area contributed by atoms with Crippen molar-refractivity contribution in [3.05, 3.63) is 61.0 Å². The third kappa shape index (κ3) is 6.05. The van der Waals surface area contributed by atoms with Crippen molar-refractivity contribution in [1.29, 1.82) is 0 Å². The van der Waals surface area contributed by atoms with E-state index in [1.165, 1.54) is 24.2 Å². The Hall–Kier alpha value is -1.71. The summed E-state index contributed by atoms with van der Waals surface area (Å²) >= 11 is 9.15. The number of imide groups is 1. The average Bonchev–Trinajstić information content (AvgIpc) is 3.07. The SMILES string of the molecule is COc1cc(/C=C2\SC(=O)N(CC3CCCCC3)C2=O)cc(I)c1OCc1ccc(Cl)cc1. The third-order valence-corrected chi connectivity index (χ3v) is 7.85. The summed E-state index contributed by atoms with van der Waals surface area (Å²) in [6, 6.07) is 11.2. The van der Waals surface area contributed by atoms with E-state index in [4.69, 9.17) is 21.1 Å². The van der Waals surface area contributed by atoms with Gasteiger partial charge in [-0.1, -0.05) is 43.0 Å². The van der Waals surface area contributed by atoms with Crippen molar-refractivity contribution in [2.75, 3.05) is 13.7 Å². The summed E-state index contributed by atoms with van der Waals surface area (Å²) in [7, 11) is 1.59. The molecule has 2 fully saturated rings. The van der Waals surface area contributed by atoms with Crippen LogP contribution in [0.25, 0.3) is 6.08 Å². The molecular weight excluding hydrogens is 573 g/mol. The first kappa shape index (κ1) is 24.4. The van der Waals surface area contributed by atoms with E-state index in [0.717, 1.165) is 39.3 Å². The van der Waals surface area contributed by atoms with E-state index >= 15 is 0 Å². The molecule has 0 spiro atoms. The second kappa shape index (κ2) is 11.1. The Balaban J connectivity index is 1.49. The van der Waals surface area contributed by atoms with Crippen molar-refractivity contribution in [3.63, 3.8) is 0 Å². The maximum atomic E-state index is 12.9. The zero-order valence-corrected chi connectivity index (χ0v) is 22.0. The fourth-order valence-corrected chi connectivity index (χ4v) is 5.89. The van der Waals surface area contributed by atoms with E-state index in [9.17, 15) is 9.59 Å². The van der Waals surface area contributed by atoms with Gasteiger partial charge in [-0.3, -0.25) is 14.5 Å². The molecule has 5 nitrogen and oxygen atoms in total. The number of methoxy groups -OCH3 is 1. The van der Waals surface area contributed by atoms with E-state index in [0.29, 0.717) is 40.5 Å². The van der Waals surface area contributed by atoms with Gasteiger partial charge in [0.05, 0.1) is 15.6 Å². The number of hydrogen-bond acceptors (Lipinski definition) is 5. The molecule has 1 aliphatic carbocycles. The predicted molar refractivity (Wildman–Crippen MR) is 141 cm³/mol. The summed E-state index contributed by atoms with van der Waals surface area (Å²) in [4.78, 5) is 27.3. The van der Waals surface area contributed by atoms with Crippen LogP contribution in [0.2, 0.25) is 5.02 Å². The Kier molecular flexibility index (Phi) is 8.24. The van der Waals surface area contributed by atoms with Crippen molar-refractivity contribution in [1.82, 2.24) is 4.90 Å². The molecule has 2 aromatic carbocycles. The summed E-state index contributed by atoms with van der Waals surface area (Å²) < 4.78 is 12.4. The summed E-state index contributed by atoms with van der Waals surface area (Å²) in [5, 5.41) is 0.500. The molecule has 0 unspecified atom stereocenters. The second-order valence-corrected chi connectivity index (χ2v) is 10.8. The maximum Gasteiger partial charge on any atom is 0.293 e. The number of benzene rings is 2. The molecule has 1 saturated heterocycles. The molecule has 2 aromatic rings. The maximum absolute atomic E-state index is 12.9. The number of hydrogen-bond donors (Lipinski definition) is 0. The highest BCUT2D eigenvalue weighted by Crippen LogP contribution is 2.38. The molecule has 174 valence electrons. The molecule has 4 rings (SSSR count). The highest BCUT2D eigenvalue weighted by atomic mass is 127. The van der Waals surface area contributed by atoms with E-state index in [1.807, 2.05) is 36.4 Å². The van der Waals surface area contributed by atoms with E-state index in [1.54, 1.807) is 13.2 Å². The minimum Gasteiger partial charge on any atom is -0.493 e. The lowest BCUT2D eigenvalue weighted by Crippen LogP contribution is -2.34. The minimum atomic E-state index is -0.201. The van der Waals surface area contributed by atoms with Crippen LogP contribution in [0.3, 0.4) is 0 Å². The fourth-order valence-electron chi connectivity index (χ4n) is 4.14. The number of amides is 2. The van der Waals surface area contributed by atoms with Crippen LogP contribution in [-0.2, 0) is 11.4 Å². The molecule has 0 radical (unpaired) electrons. The van der Waals surface area contributed by atoms with Gasteiger partial charge in [-0.2, -0.15) is 0 Å². The van der Waals surface area contributed by atoms with E-state index in [-0.39, 0.29) is 11.1 Å². The van der Waals surface area contributed by atoms with E-state index < -0.39 is 0 Å². The molecule has 1 heterocycles. The topological polar surface area (TPSA) is 55.8 Å². The van der Waals surface area contributed by atoms with Gasteiger partial charge < -0.3 is 9.47 Å². The highest BCUT2D eigenvalue weighted by molar-refractivity contribution is 14.1. The van der Waals surface area contributed by atoms with Gasteiger partial charge in [-0.05, 0) is 94.6 Å². The normalized spacial score (nSPS) is 18.3. The third-order valence-electron chi connectivity index (χ3n) is 5.89. The Morgan fingerprint density at radius 3 is 2.58 bits per heavy atom. The lowest BCUT2D eigenvalue weighted by atomic mass is 9.89.